The number of hydrogen-bond acceptors (Lipinski definition) is 2. The van der Waals surface area contributed by atoms with Crippen LogP contribution in [0.2, 0.25) is 0 Å². The lowest BCUT2D eigenvalue weighted by atomic mass is 9.59. The Morgan fingerprint density at radius 3 is 2.68 bits per heavy atom. The van der Waals surface area contributed by atoms with Crippen molar-refractivity contribution in [2.45, 2.75) is 32.7 Å². The lowest BCUT2D eigenvalue weighted by Crippen LogP contribution is -2.46. The summed E-state index contributed by atoms with van der Waals surface area (Å²) in [5.41, 5.74) is 1.52. The monoisotopic (exact) mass is 275 g/mol. The number of carbonyl (C=O) groups is 1. The molecule has 2 atom stereocenters. The molecule has 2 fully saturated rings. The van der Waals surface area contributed by atoms with Gasteiger partial charge < -0.3 is 5.32 Å². The highest BCUT2D eigenvalue weighted by Gasteiger charge is 2.57. The van der Waals surface area contributed by atoms with Crippen LogP contribution in [-0.2, 0) is 4.79 Å². The third-order valence-electron chi connectivity index (χ3n) is 5.05. The van der Waals surface area contributed by atoms with Crippen LogP contribution in [0.4, 0.5) is 0 Å². The van der Waals surface area contributed by atoms with Crippen LogP contribution >= 0.6 is 11.8 Å². The molecule has 1 spiro atoms. The number of hydrogen-bond donors (Lipinski definition) is 1. The molecule has 2 aliphatic heterocycles. The zero-order valence-corrected chi connectivity index (χ0v) is 12.4. The van der Waals surface area contributed by atoms with Crippen LogP contribution in [-0.4, -0.2) is 17.4 Å². The van der Waals surface area contributed by atoms with Crippen LogP contribution in [0.25, 0.3) is 0 Å². The number of benzene rings is 1. The van der Waals surface area contributed by atoms with E-state index in [4.69, 9.17) is 0 Å². The van der Waals surface area contributed by atoms with Gasteiger partial charge in [-0.05, 0) is 23.2 Å². The quantitative estimate of drug-likeness (QED) is 0.851. The largest absolute Gasteiger partial charge is 0.349 e. The van der Waals surface area contributed by atoms with Gasteiger partial charge in [0.2, 0.25) is 5.91 Å². The van der Waals surface area contributed by atoms with Gasteiger partial charge in [0.15, 0.2) is 0 Å². The molecule has 1 aromatic carbocycles. The second-order valence-corrected chi connectivity index (χ2v) is 7.54. The molecular weight excluding hydrogens is 254 g/mol. The maximum absolute atomic E-state index is 12.1. The van der Waals surface area contributed by atoms with Crippen molar-refractivity contribution in [3.63, 3.8) is 0 Å². The zero-order valence-electron chi connectivity index (χ0n) is 11.6. The Morgan fingerprint density at radius 1 is 1.26 bits per heavy atom. The molecule has 102 valence electrons. The molecule has 3 rings (SSSR count). The fraction of sp³-hybridized carbons (Fsp3) is 0.562. The number of nitrogens with one attached hydrogen (secondary N) is 1. The molecule has 0 aliphatic carbocycles. The predicted molar refractivity (Wildman–Crippen MR) is 80.1 cm³/mol. The first kappa shape index (κ1) is 13.0. The van der Waals surface area contributed by atoms with Gasteiger partial charge in [-0.3, -0.25) is 4.79 Å². The Morgan fingerprint density at radius 2 is 2.00 bits per heavy atom. The molecule has 1 N–H and O–H groups in total. The Labute approximate surface area is 119 Å². The van der Waals surface area contributed by atoms with Crippen LogP contribution in [0.1, 0.15) is 38.3 Å². The van der Waals surface area contributed by atoms with E-state index in [-0.39, 0.29) is 22.8 Å². The first-order valence-corrected chi connectivity index (χ1v) is 8.13. The first-order valence-electron chi connectivity index (χ1n) is 6.97. The van der Waals surface area contributed by atoms with E-state index in [1.807, 2.05) is 17.8 Å². The van der Waals surface area contributed by atoms with Crippen molar-refractivity contribution in [3.05, 3.63) is 35.9 Å². The van der Waals surface area contributed by atoms with Crippen LogP contribution in [0.5, 0.6) is 0 Å². The van der Waals surface area contributed by atoms with E-state index in [1.54, 1.807) is 0 Å². The number of thioether (sulfide) groups is 1. The highest BCUT2D eigenvalue weighted by molar-refractivity contribution is 7.99. The zero-order chi connectivity index (χ0) is 13.5. The van der Waals surface area contributed by atoms with Gasteiger partial charge in [-0.2, -0.15) is 11.8 Å². The van der Waals surface area contributed by atoms with Crippen LogP contribution < -0.4 is 5.32 Å². The van der Waals surface area contributed by atoms with Crippen molar-refractivity contribution in [2.75, 3.05) is 11.5 Å². The van der Waals surface area contributed by atoms with Crippen LogP contribution in [0.15, 0.2) is 30.3 Å². The van der Waals surface area contributed by atoms with Gasteiger partial charge in [0.05, 0.1) is 6.04 Å². The van der Waals surface area contributed by atoms with Crippen molar-refractivity contribution in [3.8, 4) is 0 Å². The lowest BCUT2D eigenvalue weighted by molar-refractivity contribution is -0.120. The Balaban J connectivity index is 2.05. The van der Waals surface area contributed by atoms with Crippen molar-refractivity contribution >= 4 is 17.7 Å². The fourth-order valence-electron chi connectivity index (χ4n) is 3.58. The minimum absolute atomic E-state index is 0.0638. The first-order chi connectivity index (χ1) is 9.05. The van der Waals surface area contributed by atoms with Gasteiger partial charge in [0, 0.05) is 17.6 Å². The van der Waals surface area contributed by atoms with Crippen molar-refractivity contribution < 1.29 is 4.79 Å². The molecule has 0 radical (unpaired) electrons. The molecule has 2 nitrogen and oxygen atoms in total. The molecule has 1 aromatic rings. The minimum Gasteiger partial charge on any atom is -0.349 e. The summed E-state index contributed by atoms with van der Waals surface area (Å²) in [6.07, 6.45) is 1.86. The number of carbonyl (C=O) groups excluding carboxylic acids is 1. The Hall–Kier alpha value is -0.960. The van der Waals surface area contributed by atoms with E-state index < -0.39 is 0 Å². The van der Waals surface area contributed by atoms with E-state index in [0.29, 0.717) is 6.42 Å². The number of amides is 1. The Bertz CT molecular complexity index is 485. The van der Waals surface area contributed by atoms with E-state index in [0.717, 1.165) is 5.75 Å². The predicted octanol–water partition coefficient (Wildman–Crippen LogP) is 3.40. The summed E-state index contributed by atoms with van der Waals surface area (Å²) in [6, 6.07) is 10.6. The van der Waals surface area contributed by atoms with Crippen molar-refractivity contribution in [1.82, 2.24) is 5.32 Å². The number of rotatable bonds is 1. The average Bonchev–Trinajstić information content (AvgIpc) is 2.73. The normalized spacial score (nSPS) is 33.4. The van der Waals surface area contributed by atoms with Crippen LogP contribution in [0.3, 0.4) is 0 Å². The molecule has 2 heterocycles. The highest BCUT2D eigenvalue weighted by atomic mass is 32.2. The molecule has 0 aromatic heterocycles. The van der Waals surface area contributed by atoms with Gasteiger partial charge in [-0.1, -0.05) is 44.2 Å². The topological polar surface area (TPSA) is 29.1 Å². The van der Waals surface area contributed by atoms with Crippen molar-refractivity contribution in [2.24, 2.45) is 10.8 Å². The molecular formula is C16H21NOS. The van der Waals surface area contributed by atoms with E-state index in [9.17, 15) is 4.79 Å². The molecule has 19 heavy (non-hydrogen) atoms. The summed E-state index contributed by atoms with van der Waals surface area (Å²) in [5.74, 6) is 2.51. The maximum atomic E-state index is 12.1. The second kappa shape index (κ2) is 4.55. The summed E-state index contributed by atoms with van der Waals surface area (Å²) in [6.45, 7) is 4.67. The smallest absolute Gasteiger partial charge is 0.221 e. The molecule has 2 saturated heterocycles. The highest BCUT2D eigenvalue weighted by Crippen LogP contribution is 2.59. The van der Waals surface area contributed by atoms with Gasteiger partial charge >= 0.3 is 0 Å². The molecule has 0 saturated carbocycles. The second-order valence-electron chi connectivity index (χ2n) is 6.43. The molecule has 2 unspecified atom stereocenters. The van der Waals surface area contributed by atoms with E-state index >= 15 is 0 Å². The molecule has 3 heteroatoms. The van der Waals surface area contributed by atoms with Gasteiger partial charge in [-0.25, -0.2) is 0 Å². The van der Waals surface area contributed by atoms with E-state index in [2.05, 4.69) is 43.4 Å². The third kappa shape index (κ3) is 1.99. The maximum Gasteiger partial charge on any atom is 0.221 e. The molecule has 2 aliphatic rings. The Kier molecular flexibility index (Phi) is 3.12. The summed E-state index contributed by atoms with van der Waals surface area (Å²) in [5, 5.41) is 3.23. The fourth-order valence-corrected chi connectivity index (χ4v) is 5.40. The molecule has 1 amide bonds. The third-order valence-corrected chi connectivity index (χ3v) is 6.26. The van der Waals surface area contributed by atoms with E-state index in [1.165, 1.54) is 17.7 Å². The summed E-state index contributed by atoms with van der Waals surface area (Å²) in [7, 11) is 0. The van der Waals surface area contributed by atoms with Gasteiger partial charge in [0.25, 0.3) is 0 Å². The summed E-state index contributed by atoms with van der Waals surface area (Å²) in [4.78, 5) is 12.1. The van der Waals surface area contributed by atoms with Gasteiger partial charge in [-0.15, -0.1) is 0 Å². The lowest BCUT2D eigenvalue weighted by Gasteiger charge is -2.50. The SMILES string of the molecule is CC1(C)CCSCC12CC(=O)NC2c1ccccc1. The standard InChI is InChI=1S/C16H21NOS/c1-15(2)8-9-19-11-16(15)10-13(18)17-14(16)12-6-4-3-5-7-12/h3-7,14H,8-11H2,1-2H3,(H,17,18). The van der Waals surface area contributed by atoms with Crippen molar-refractivity contribution in [1.29, 1.82) is 0 Å². The van der Waals surface area contributed by atoms with Gasteiger partial charge in [0.1, 0.15) is 0 Å². The summed E-state index contributed by atoms with van der Waals surface area (Å²) < 4.78 is 0. The molecule has 0 bridgehead atoms. The van der Waals surface area contributed by atoms with Crippen LogP contribution in [0, 0.1) is 10.8 Å². The minimum atomic E-state index is 0.0638. The summed E-state index contributed by atoms with van der Waals surface area (Å²) >= 11 is 2.00. The average molecular weight is 275 g/mol.